The van der Waals surface area contributed by atoms with Gasteiger partial charge in [-0.3, -0.25) is 0 Å². The van der Waals surface area contributed by atoms with Gasteiger partial charge in [0.25, 0.3) is 0 Å². The number of hydrogen-bond donors (Lipinski definition) is 1. The smallest absolute Gasteiger partial charge is 0.124 e. The standard InChI is InChI=1S/C12H25.C7H6O3.Mg/c1-3-5-7-9-11-12-10-8-6-4-2;8-6-4-2-1-3-5(6)7(9)10;/h1,3-12H2,2H3;1-4,8H,(H,9,10);/q;;+1/p-1. The molecule has 0 bridgehead atoms. The van der Waals surface area contributed by atoms with Crippen LogP contribution in [-0.2, 0) is 0 Å². The van der Waals surface area contributed by atoms with Gasteiger partial charge < -0.3 is 15.0 Å². The number of unbranched alkanes of at least 4 members (excludes halogenated alkanes) is 9. The van der Waals surface area contributed by atoms with Crippen LogP contribution in [0, 0.1) is 0 Å². The van der Waals surface area contributed by atoms with Gasteiger partial charge in [0, 0.05) is 5.56 Å². The predicted octanol–water partition coefficient (Wildman–Crippen LogP) is 4.25. The van der Waals surface area contributed by atoms with Gasteiger partial charge in [-0.1, -0.05) is 12.1 Å². The Balaban J connectivity index is 0.000000433. The molecule has 3 nitrogen and oxygen atoms in total. The van der Waals surface area contributed by atoms with Crippen molar-refractivity contribution >= 4 is 27.7 Å². The second kappa shape index (κ2) is 16.1. The molecule has 0 aliphatic carbocycles. The summed E-state index contributed by atoms with van der Waals surface area (Å²) in [6, 6.07) is 5.64. The van der Waals surface area contributed by atoms with Crippen LogP contribution in [0.2, 0.25) is 4.55 Å². The molecule has 4 heteroatoms. The number of aromatic carboxylic acids is 1. The van der Waals surface area contributed by atoms with Gasteiger partial charge in [-0.2, -0.15) is 0 Å². The summed E-state index contributed by atoms with van der Waals surface area (Å²) >= 11 is 2.11. The first kappa shape index (κ1) is 22.3. The minimum Gasteiger partial charge on any atom is -0.545 e. The molecule has 0 unspecified atom stereocenters. The molecule has 0 spiro atoms. The molecule has 0 amide bonds. The fourth-order valence-electron chi connectivity index (χ4n) is 2.31. The molecule has 1 aromatic rings. The van der Waals surface area contributed by atoms with E-state index in [1.165, 1.54) is 87.0 Å². The molecule has 0 aliphatic heterocycles. The summed E-state index contributed by atoms with van der Waals surface area (Å²) in [4.78, 5) is 10.2. The van der Waals surface area contributed by atoms with Crippen LogP contribution in [-0.4, -0.2) is 32.8 Å². The largest absolute Gasteiger partial charge is 0.545 e. The van der Waals surface area contributed by atoms with Gasteiger partial charge >= 0.3 is 97.4 Å². The van der Waals surface area contributed by atoms with Gasteiger partial charge in [-0.05, 0) is 12.1 Å². The third kappa shape index (κ3) is 13.4. The monoisotopic (exact) mass is 330 g/mol. The number of carbonyl (C=O) groups excluding carboxylic acids is 1. The predicted molar refractivity (Wildman–Crippen MR) is 94.8 cm³/mol. The quantitative estimate of drug-likeness (QED) is 0.487. The van der Waals surface area contributed by atoms with E-state index in [0.717, 1.165) is 0 Å². The van der Waals surface area contributed by atoms with Crippen molar-refractivity contribution in [3.63, 3.8) is 0 Å². The Morgan fingerprint density at radius 3 is 1.83 bits per heavy atom. The molecule has 0 aliphatic rings. The maximum atomic E-state index is 10.2. The van der Waals surface area contributed by atoms with E-state index >= 15 is 0 Å². The van der Waals surface area contributed by atoms with Crippen LogP contribution < -0.4 is 5.11 Å². The SMILES string of the molecule is CCCCCCCCCCC[CH2][Mg+].O=C([O-])c1ccccc1O. The second-order valence-electron chi connectivity index (χ2n) is 5.84. The Bertz CT molecular complexity index is 397. The molecule has 0 saturated heterocycles. The minimum atomic E-state index is -1.36. The van der Waals surface area contributed by atoms with E-state index in [0.29, 0.717) is 0 Å². The van der Waals surface area contributed by atoms with E-state index in [9.17, 15) is 9.90 Å². The van der Waals surface area contributed by atoms with Crippen LogP contribution in [0.15, 0.2) is 24.3 Å². The van der Waals surface area contributed by atoms with E-state index in [1.807, 2.05) is 0 Å². The minimum absolute atomic E-state index is 0.178. The average Bonchev–Trinajstić information content (AvgIpc) is 2.54. The molecular weight excluding hydrogens is 301 g/mol. The topological polar surface area (TPSA) is 60.4 Å². The Morgan fingerprint density at radius 2 is 1.43 bits per heavy atom. The molecule has 0 fully saturated rings. The Kier molecular flexibility index (Phi) is 15.6. The fourth-order valence-corrected chi connectivity index (χ4v) is 2.66. The van der Waals surface area contributed by atoms with Crippen molar-refractivity contribution in [2.45, 2.75) is 75.7 Å². The molecule has 23 heavy (non-hydrogen) atoms. The molecule has 1 N–H and O–H groups in total. The number of aromatic hydroxyl groups is 1. The van der Waals surface area contributed by atoms with Crippen molar-refractivity contribution in [2.75, 3.05) is 0 Å². The Morgan fingerprint density at radius 1 is 0.957 bits per heavy atom. The summed E-state index contributed by atoms with van der Waals surface area (Å²) in [7, 11) is 0. The van der Waals surface area contributed by atoms with E-state index < -0.39 is 5.97 Å². The van der Waals surface area contributed by atoms with E-state index in [1.54, 1.807) is 6.07 Å². The summed E-state index contributed by atoms with van der Waals surface area (Å²) in [5, 5.41) is 19.0. The van der Waals surface area contributed by atoms with Crippen LogP contribution >= 0.6 is 0 Å². The number of hydrogen-bond acceptors (Lipinski definition) is 3. The normalized spacial score (nSPS) is 10.0. The van der Waals surface area contributed by atoms with E-state index in [4.69, 9.17) is 5.11 Å². The average molecular weight is 331 g/mol. The molecule has 0 atom stereocenters. The van der Waals surface area contributed by atoms with Crippen molar-refractivity contribution in [2.24, 2.45) is 0 Å². The summed E-state index contributed by atoms with van der Waals surface area (Å²) < 4.78 is 1.40. The zero-order chi connectivity index (χ0) is 17.3. The van der Waals surface area contributed by atoms with E-state index in [2.05, 4.69) is 28.6 Å². The molecular formula is C19H30MgO3. The first-order chi connectivity index (χ1) is 11.1. The first-order valence-electron chi connectivity index (χ1n) is 8.92. The molecule has 0 saturated carbocycles. The summed E-state index contributed by atoms with van der Waals surface area (Å²) in [6.07, 6.45) is 14.6. The van der Waals surface area contributed by atoms with Crippen molar-refractivity contribution in [1.29, 1.82) is 0 Å². The van der Waals surface area contributed by atoms with Crippen LogP contribution in [0.4, 0.5) is 0 Å². The maximum Gasteiger partial charge on any atom is 0.124 e. The van der Waals surface area contributed by atoms with Gasteiger partial charge in [0.1, 0.15) is 5.75 Å². The van der Waals surface area contributed by atoms with Gasteiger partial charge in [-0.15, -0.1) is 0 Å². The van der Waals surface area contributed by atoms with Crippen LogP contribution in [0.3, 0.4) is 0 Å². The zero-order valence-corrected chi connectivity index (χ0v) is 16.0. The van der Waals surface area contributed by atoms with Crippen LogP contribution in [0.1, 0.15) is 81.5 Å². The summed E-state index contributed by atoms with van der Waals surface area (Å²) in [5.74, 6) is -1.62. The third-order valence-corrected chi connectivity index (χ3v) is 4.23. The van der Waals surface area contributed by atoms with E-state index in [-0.39, 0.29) is 11.3 Å². The molecule has 0 aromatic heterocycles. The molecule has 0 heterocycles. The number of phenols is 1. The molecule has 1 aromatic carbocycles. The number of carbonyl (C=O) groups is 1. The third-order valence-electron chi connectivity index (χ3n) is 3.73. The summed E-state index contributed by atoms with van der Waals surface area (Å²) in [5.41, 5.74) is -0.178. The molecule has 0 radical (unpaired) electrons. The van der Waals surface area contributed by atoms with Gasteiger partial charge in [-0.25, -0.2) is 0 Å². The molecule has 126 valence electrons. The van der Waals surface area contributed by atoms with Gasteiger partial charge in [0.15, 0.2) is 0 Å². The number of benzene rings is 1. The Hall–Kier alpha value is -0.744. The fraction of sp³-hybridized carbons (Fsp3) is 0.632. The number of para-hydroxylation sites is 1. The van der Waals surface area contributed by atoms with Crippen molar-refractivity contribution in [1.82, 2.24) is 0 Å². The van der Waals surface area contributed by atoms with Crippen molar-refractivity contribution < 1.29 is 15.0 Å². The van der Waals surface area contributed by atoms with Crippen molar-refractivity contribution in [3.05, 3.63) is 29.8 Å². The summed E-state index contributed by atoms with van der Waals surface area (Å²) in [6.45, 7) is 2.28. The zero-order valence-electron chi connectivity index (χ0n) is 14.6. The van der Waals surface area contributed by atoms with Crippen LogP contribution in [0.5, 0.6) is 5.75 Å². The molecule has 1 rings (SSSR count). The number of carboxylic acids is 1. The van der Waals surface area contributed by atoms with Gasteiger partial charge in [0.2, 0.25) is 0 Å². The van der Waals surface area contributed by atoms with Gasteiger partial charge in [0.05, 0.1) is 5.97 Å². The maximum absolute atomic E-state index is 10.2. The van der Waals surface area contributed by atoms with Crippen molar-refractivity contribution in [3.8, 4) is 5.75 Å². The second-order valence-corrected chi connectivity index (χ2v) is 6.55. The van der Waals surface area contributed by atoms with Crippen LogP contribution in [0.25, 0.3) is 0 Å². The first-order valence-corrected chi connectivity index (χ1v) is 9.92. The number of rotatable bonds is 11. The Labute approximate surface area is 153 Å². The number of carboxylic acid groups (broad SMARTS) is 1.